The van der Waals surface area contributed by atoms with Gasteiger partial charge in [0.1, 0.15) is 5.75 Å². The van der Waals surface area contributed by atoms with Crippen LogP contribution in [0.25, 0.3) is 0 Å². The number of nitrogens with zero attached hydrogens (tertiary/aromatic N) is 1. The molecule has 1 saturated heterocycles. The van der Waals surface area contributed by atoms with Gasteiger partial charge in [0, 0.05) is 24.7 Å². The first kappa shape index (κ1) is 17.8. The molecule has 0 radical (unpaired) electrons. The fourth-order valence-corrected chi connectivity index (χ4v) is 3.85. The van der Waals surface area contributed by atoms with E-state index in [4.69, 9.17) is 4.74 Å². The zero-order valence-electron chi connectivity index (χ0n) is 15.2. The minimum absolute atomic E-state index is 0.0148. The van der Waals surface area contributed by atoms with Gasteiger partial charge in [0.2, 0.25) is 11.8 Å². The molecule has 25 heavy (non-hydrogen) atoms. The summed E-state index contributed by atoms with van der Waals surface area (Å²) < 4.78 is 5.44. The van der Waals surface area contributed by atoms with Gasteiger partial charge in [0.15, 0.2) is 0 Å². The van der Waals surface area contributed by atoms with Crippen molar-refractivity contribution in [3.8, 4) is 5.75 Å². The van der Waals surface area contributed by atoms with Crippen molar-refractivity contribution in [1.82, 2.24) is 5.32 Å². The number of rotatable bonds is 5. The van der Waals surface area contributed by atoms with Crippen LogP contribution in [-0.2, 0) is 9.59 Å². The number of hydrogen-bond acceptors (Lipinski definition) is 3. The lowest BCUT2D eigenvalue weighted by Gasteiger charge is -2.30. The van der Waals surface area contributed by atoms with Crippen LogP contribution in [0.15, 0.2) is 24.3 Å². The Balaban J connectivity index is 1.60. The van der Waals surface area contributed by atoms with Crippen molar-refractivity contribution >= 4 is 17.5 Å². The molecule has 1 heterocycles. The zero-order chi connectivity index (χ0) is 17.8. The van der Waals surface area contributed by atoms with E-state index in [1.54, 1.807) is 4.90 Å². The van der Waals surface area contributed by atoms with Crippen molar-refractivity contribution in [3.05, 3.63) is 24.3 Å². The second kappa shape index (κ2) is 7.89. The molecule has 2 amide bonds. The fourth-order valence-electron chi connectivity index (χ4n) is 3.85. The van der Waals surface area contributed by atoms with Crippen LogP contribution in [0.2, 0.25) is 0 Å². The van der Waals surface area contributed by atoms with Crippen LogP contribution >= 0.6 is 0 Å². The predicted octanol–water partition coefficient (Wildman–Crippen LogP) is 3.13. The highest BCUT2D eigenvalue weighted by atomic mass is 16.5. The highest BCUT2D eigenvalue weighted by Crippen LogP contribution is 2.28. The van der Waals surface area contributed by atoms with Gasteiger partial charge in [-0.25, -0.2) is 0 Å². The topological polar surface area (TPSA) is 58.6 Å². The second-order valence-corrected chi connectivity index (χ2v) is 7.21. The Labute approximate surface area is 149 Å². The van der Waals surface area contributed by atoms with Crippen molar-refractivity contribution in [3.63, 3.8) is 0 Å². The third-order valence-electron chi connectivity index (χ3n) is 5.39. The molecule has 1 aliphatic heterocycles. The quantitative estimate of drug-likeness (QED) is 0.893. The van der Waals surface area contributed by atoms with Crippen LogP contribution in [0.3, 0.4) is 0 Å². The van der Waals surface area contributed by atoms with E-state index >= 15 is 0 Å². The molecule has 5 nitrogen and oxygen atoms in total. The Kier molecular flexibility index (Phi) is 5.61. The van der Waals surface area contributed by atoms with Crippen LogP contribution in [0.1, 0.15) is 46.0 Å². The first-order chi connectivity index (χ1) is 12.1. The number of amides is 2. The number of ether oxygens (including phenoxy) is 1. The molecule has 1 aromatic carbocycles. The molecule has 0 spiro atoms. The number of carbonyl (C=O) groups excluding carboxylic acids is 2. The Morgan fingerprint density at radius 2 is 1.96 bits per heavy atom. The molecule has 3 rings (SSSR count). The molecule has 0 aromatic heterocycles. The summed E-state index contributed by atoms with van der Waals surface area (Å²) in [6, 6.07) is 7.75. The maximum Gasteiger partial charge on any atom is 0.227 e. The van der Waals surface area contributed by atoms with Crippen molar-refractivity contribution in [2.45, 2.75) is 52.0 Å². The van der Waals surface area contributed by atoms with Crippen molar-refractivity contribution in [2.24, 2.45) is 11.8 Å². The number of anilines is 1. The monoisotopic (exact) mass is 344 g/mol. The number of benzene rings is 1. The molecule has 136 valence electrons. The lowest BCUT2D eigenvalue weighted by Crippen LogP contribution is -2.44. The summed E-state index contributed by atoms with van der Waals surface area (Å²) >= 11 is 0. The van der Waals surface area contributed by atoms with Crippen LogP contribution in [0.4, 0.5) is 5.69 Å². The highest BCUT2D eigenvalue weighted by Gasteiger charge is 2.36. The molecule has 1 aliphatic carbocycles. The summed E-state index contributed by atoms with van der Waals surface area (Å²) in [6.07, 6.45) is 4.95. The van der Waals surface area contributed by atoms with Gasteiger partial charge < -0.3 is 15.0 Å². The number of carbonyl (C=O) groups is 2. The molecule has 1 N–H and O–H groups in total. The maximum absolute atomic E-state index is 12.6. The van der Waals surface area contributed by atoms with Gasteiger partial charge in [-0.05, 0) is 49.9 Å². The molecule has 3 atom stereocenters. The maximum atomic E-state index is 12.6. The molecule has 1 aromatic rings. The third-order valence-corrected chi connectivity index (χ3v) is 5.39. The average molecular weight is 344 g/mol. The van der Waals surface area contributed by atoms with Crippen LogP contribution in [-0.4, -0.2) is 31.0 Å². The van der Waals surface area contributed by atoms with E-state index in [0.717, 1.165) is 17.9 Å². The largest absolute Gasteiger partial charge is 0.494 e. The van der Waals surface area contributed by atoms with Crippen molar-refractivity contribution < 1.29 is 14.3 Å². The summed E-state index contributed by atoms with van der Waals surface area (Å²) in [6.45, 7) is 5.22. The van der Waals surface area contributed by atoms with Crippen LogP contribution in [0.5, 0.6) is 5.75 Å². The van der Waals surface area contributed by atoms with Gasteiger partial charge in [-0.2, -0.15) is 0 Å². The Hall–Kier alpha value is -2.04. The highest BCUT2D eigenvalue weighted by molar-refractivity contribution is 6.00. The molecule has 2 fully saturated rings. The molecule has 0 bridgehead atoms. The summed E-state index contributed by atoms with van der Waals surface area (Å²) in [5, 5.41) is 3.19. The fraction of sp³-hybridized carbons (Fsp3) is 0.600. The summed E-state index contributed by atoms with van der Waals surface area (Å²) in [7, 11) is 0. The van der Waals surface area contributed by atoms with Gasteiger partial charge in [-0.15, -0.1) is 0 Å². The summed E-state index contributed by atoms with van der Waals surface area (Å²) in [5.74, 6) is 1.10. The van der Waals surface area contributed by atoms with E-state index in [9.17, 15) is 9.59 Å². The Bertz CT molecular complexity index is 614. The minimum atomic E-state index is -0.256. The van der Waals surface area contributed by atoms with Crippen LogP contribution < -0.4 is 15.0 Å². The predicted molar refractivity (Wildman–Crippen MR) is 97.6 cm³/mol. The molecular formula is C20H28N2O3. The van der Waals surface area contributed by atoms with E-state index < -0.39 is 0 Å². The Morgan fingerprint density at radius 3 is 2.64 bits per heavy atom. The van der Waals surface area contributed by atoms with Gasteiger partial charge in [0.25, 0.3) is 0 Å². The number of hydrogen-bond donors (Lipinski definition) is 1. The normalized spacial score (nSPS) is 26.6. The van der Waals surface area contributed by atoms with Crippen molar-refractivity contribution in [1.29, 1.82) is 0 Å². The van der Waals surface area contributed by atoms with E-state index in [1.807, 2.05) is 31.2 Å². The van der Waals surface area contributed by atoms with E-state index in [0.29, 0.717) is 25.5 Å². The zero-order valence-corrected chi connectivity index (χ0v) is 15.2. The minimum Gasteiger partial charge on any atom is -0.494 e. The molecule has 2 aliphatic rings. The SMILES string of the molecule is CCOc1ccc(N2C[C@H](C(=O)N[C@@H]3CCCC[C@@H]3C)CC2=O)cc1. The first-order valence-corrected chi connectivity index (χ1v) is 9.42. The van der Waals surface area contributed by atoms with E-state index in [-0.39, 0.29) is 23.8 Å². The Morgan fingerprint density at radius 1 is 1.24 bits per heavy atom. The molecule has 1 saturated carbocycles. The third kappa shape index (κ3) is 4.14. The lowest BCUT2D eigenvalue weighted by molar-refractivity contribution is -0.127. The van der Waals surface area contributed by atoms with Gasteiger partial charge in [0.05, 0.1) is 12.5 Å². The second-order valence-electron chi connectivity index (χ2n) is 7.21. The summed E-state index contributed by atoms with van der Waals surface area (Å²) in [4.78, 5) is 26.7. The smallest absolute Gasteiger partial charge is 0.227 e. The average Bonchev–Trinajstić information content (AvgIpc) is 3.00. The van der Waals surface area contributed by atoms with Gasteiger partial charge in [-0.1, -0.05) is 19.8 Å². The molecular weight excluding hydrogens is 316 g/mol. The van der Waals surface area contributed by atoms with Gasteiger partial charge in [-0.3, -0.25) is 9.59 Å². The molecule has 5 heteroatoms. The van der Waals surface area contributed by atoms with Gasteiger partial charge >= 0.3 is 0 Å². The van der Waals surface area contributed by atoms with Crippen molar-refractivity contribution in [2.75, 3.05) is 18.1 Å². The molecule has 0 unspecified atom stereocenters. The van der Waals surface area contributed by atoms with E-state index in [1.165, 1.54) is 19.3 Å². The standard InChI is InChI=1S/C20H28N2O3/c1-3-25-17-10-8-16(9-11-17)22-13-15(12-19(22)23)20(24)21-18-7-5-4-6-14(18)2/h8-11,14-15,18H,3-7,12-13H2,1-2H3,(H,21,24)/t14-,15+,18+/m0/s1. The lowest BCUT2D eigenvalue weighted by atomic mass is 9.85. The number of nitrogens with one attached hydrogen (secondary N) is 1. The first-order valence-electron chi connectivity index (χ1n) is 9.42. The van der Waals surface area contributed by atoms with E-state index in [2.05, 4.69) is 12.2 Å². The van der Waals surface area contributed by atoms with Crippen LogP contribution in [0, 0.1) is 11.8 Å². The summed E-state index contributed by atoms with van der Waals surface area (Å²) in [5.41, 5.74) is 0.829.